The highest BCUT2D eigenvalue weighted by Gasteiger charge is 2.32. The SMILES string of the molecule is CSc1nnc(NC(=O)C2CCCN(S(=O)(=O)Cc3ccc(Cl)cc3)C2)s1. The topological polar surface area (TPSA) is 92.3 Å². The molecule has 0 saturated carbocycles. The number of benzene rings is 1. The van der Waals surface area contributed by atoms with E-state index in [9.17, 15) is 13.2 Å². The molecule has 1 aromatic carbocycles. The van der Waals surface area contributed by atoms with Crippen LogP contribution in [0.4, 0.5) is 5.13 Å². The van der Waals surface area contributed by atoms with Crippen molar-refractivity contribution in [3.8, 4) is 0 Å². The van der Waals surface area contributed by atoms with E-state index in [1.165, 1.54) is 27.4 Å². The summed E-state index contributed by atoms with van der Waals surface area (Å²) in [6, 6.07) is 6.74. The summed E-state index contributed by atoms with van der Waals surface area (Å²) in [5, 5.41) is 11.6. The van der Waals surface area contributed by atoms with Gasteiger partial charge in [0, 0.05) is 18.1 Å². The van der Waals surface area contributed by atoms with Crippen molar-refractivity contribution in [3.05, 3.63) is 34.9 Å². The van der Waals surface area contributed by atoms with Crippen LogP contribution in [0.25, 0.3) is 0 Å². The summed E-state index contributed by atoms with van der Waals surface area (Å²) in [4.78, 5) is 12.5. The van der Waals surface area contributed by atoms with E-state index in [0.717, 1.165) is 4.34 Å². The van der Waals surface area contributed by atoms with E-state index in [2.05, 4.69) is 15.5 Å². The first-order valence-corrected chi connectivity index (χ1v) is 12.3. The van der Waals surface area contributed by atoms with Crippen molar-refractivity contribution in [2.45, 2.75) is 22.9 Å². The number of amides is 1. The zero-order chi connectivity index (χ0) is 19.4. The van der Waals surface area contributed by atoms with E-state index in [0.29, 0.717) is 35.1 Å². The van der Waals surface area contributed by atoms with Crippen LogP contribution in [0.15, 0.2) is 28.6 Å². The van der Waals surface area contributed by atoms with Gasteiger partial charge in [-0.2, -0.15) is 0 Å². The number of hydrogen-bond acceptors (Lipinski definition) is 7. The van der Waals surface area contributed by atoms with Crippen molar-refractivity contribution in [1.29, 1.82) is 0 Å². The zero-order valence-electron chi connectivity index (χ0n) is 14.6. The highest BCUT2D eigenvalue weighted by atomic mass is 35.5. The van der Waals surface area contributed by atoms with Crippen LogP contribution >= 0.6 is 34.7 Å². The Bertz CT molecular complexity index is 902. The van der Waals surface area contributed by atoms with Gasteiger partial charge in [0.05, 0.1) is 11.7 Å². The lowest BCUT2D eigenvalue weighted by Gasteiger charge is -2.31. The molecule has 146 valence electrons. The van der Waals surface area contributed by atoms with Gasteiger partial charge in [-0.3, -0.25) is 4.79 Å². The third-order valence-electron chi connectivity index (χ3n) is 4.22. The third-order valence-corrected chi connectivity index (χ3v) is 8.10. The average molecular weight is 447 g/mol. The number of rotatable bonds is 6. The number of carbonyl (C=O) groups excluding carboxylic acids is 1. The van der Waals surface area contributed by atoms with Crippen LogP contribution in [0.5, 0.6) is 0 Å². The van der Waals surface area contributed by atoms with E-state index < -0.39 is 15.9 Å². The van der Waals surface area contributed by atoms with E-state index >= 15 is 0 Å². The van der Waals surface area contributed by atoms with Gasteiger partial charge >= 0.3 is 0 Å². The highest BCUT2D eigenvalue weighted by molar-refractivity contribution is 8.00. The Balaban J connectivity index is 1.63. The highest BCUT2D eigenvalue weighted by Crippen LogP contribution is 2.26. The summed E-state index contributed by atoms with van der Waals surface area (Å²) in [6.07, 6.45) is 3.17. The van der Waals surface area contributed by atoms with Crippen molar-refractivity contribution in [1.82, 2.24) is 14.5 Å². The van der Waals surface area contributed by atoms with E-state index in [4.69, 9.17) is 11.6 Å². The van der Waals surface area contributed by atoms with Crippen LogP contribution in [0.3, 0.4) is 0 Å². The van der Waals surface area contributed by atoms with Crippen molar-refractivity contribution >= 4 is 55.8 Å². The van der Waals surface area contributed by atoms with Crippen LogP contribution in [-0.4, -0.2) is 48.2 Å². The number of halogens is 1. The number of nitrogens with one attached hydrogen (secondary N) is 1. The minimum absolute atomic E-state index is 0.105. The second-order valence-electron chi connectivity index (χ2n) is 6.15. The molecular weight excluding hydrogens is 428 g/mol. The standard InChI is InChI=1S/C16H19ClN4O3S3/c1-25-16-20-19-15(26-16)18-14(22)12-3-2-8-21(9-12)27(23,24)10-11-4-6-13(17)7-5-11/h4-7,12H,2-3,8-10H2,1H3,(H,18,19,22). The predicted molar refractivity (Wildman–Crippen MR) is 109 cm³/mol. The summed E-state index contributed by atoms with van der Waals surface area (Å²) in [7, 11) is -3.51. The number of aromatic nitrogens is 2. The molecule has 1 aliphatic heterocycles. The Morgan fingerprint density at radius 3 is 2.78 bits per heavy atom. The van der Waals surface area contributed by atoms with Gasteiger partial charge in [0.2, 0.25) is 21.1 Å². The van der Waals surface area contributed by atoms with Crippen molar-refractivity contribution < 1.29 is 13.2 Å². The fourth-order valence-electron chi connectivity index (χ4n) is 2.84. The molecule has 1 amide bonds. The maximum atomic E-state index is 12.7. The van der Waals surface area contributed by atoms with Gasteiger partial charge in [-0.25, -0.2) is 12.7 Å². The van der Waals surface area contributed by atoms with Gasteiger partial charge in [0.1, 0.15) is 0 Å². The summed E-state index contributed by atoms with van der Waals surface area (Å²) in [6.45, 7) is 0.602. The molecule has 1 aliphatic rings. The summed E-state index contributed by atoms with van der Waals surface area (Å²) in [5.74, 6) is -0.725. The lowest BCUT2D eigenvalue weighted by molar-refractivity contribution is -0.120. The summed E-state index contributed by atoms with van der Waals surface area (Å²) in [5.41, 5.74) is 0.671. The first kappa shape index (κ1) is 20.5. The third kappa shape index (κ3) is 5.41. The number of nitrogens with zero attached hydrogens (tertiary/aromatic N) is 3. The molecule has 11 heteroatoms. The lowest BCUT2D eigenvalue weighted by atomic mass is 9.99. The van der Waals surface area contributed by atoms with Gasteiger partial charge in [-0.1, -0.05) is 46.8 Å². The smallest absolute Gasteiger partial charge is 0.230 e. The molecule has 1 fully saturated rings. The van der Waals surface area contributed by atoms with Crippen LogP contribution in [0.1, 0.15) is 18.4 Å². The maximum Gasteiger partial charge on any atom is 0.230 e. The van der Waals surface area contributed by atoms with Gasteiger partial charge in [0.25, 0.3) is 0 Å². The quantitative estimate of drug-likeness (QED) is 0.541. The zero-order valence-corrected chi connectivity index (χ0v) is 17.8. The van der Waals surface area contributed by atoms with Gasteiger partial charge in [-0.15, -0.1) is 10.2 Å². The molecule has 2 aromatic rings. The molecular formula is C16H19ClN4O3S3. The van der Waals surface area contributed by atoms with E-state index in [1.54, 1.807) is 24.3 Å². The van der Waals surface area contributed by atoms with Gasteiger partial charge in [0.15, 0.2) is 4.34 Å². The summed E-state index contributed by atoms with van der Waals surface area (Å²) < 4.78 is 27.7. The second-order valence-corrected chi connectivity index (χ2v) is 10.6. The van der Waals surface area contributed by atoms with E-state index in [1.807, 2.05) is 6.26 Å². The first-order valence-electron chi connectivity index (χ1n) is 8.28. The Hall–Kier alpha value is -1.20. The van der Waals surface area contributed by atoms with Crippen molar-refractivity contribution in [2.24, 2.45) is 5.92 Å². The van der Waals surface area contributed by atoms with Crippen molar-refractivity contribution in [3.63, 3.8) is 0 Å². The molecule has 0 radical (unpaired) electrons. The Labute approximate surface area is 171 Å². The molecule has 1 atom stereocenters. The maximum absolute atomic E-state index is 12.7. The molecule has 1 N–H and O–H groups in total. The van der Waals surface area contributed by atoms with Crippen LogP contribution in [0, 0.1) is 5.92 Å². The summed E-state index contributed by atoms with van der Waals surface area (Å²) >= 11 is 8.60. The number of hydrogen-bond donors (Lipinski definition) is 1. The Kier molecular flexibility index (Phi) is 6.74. The van der Waals surface area contributed by atoms with E-state index in [-0.39, 0.29) is 18.2 Å². The molecule has 1 aromatic heterocycles. The number of anilines is 1. The van der Waals surface area contributed by atoms with Crippen LogP contribution < -0.4 is 5.32 Å². The Morgan fingerprint density at radius 1 is 1.37 bits per heavy atom. The predicted octanol–water partition coefficient (Wildman–Crippen LogP) is 3.09. The van der Waals surface area contributed by atoms with Crippen molar-refractivity contribution in [2.75, 3.05) is 24.7 Å². The molecule has 2 heterocycles. The van der Waals surface area contributed by atoms with Gasteiger partial charge in [-0.05, 0) is 36.8 Å². The fraction of sp³-hybridized carbons (Fsp3) is 0.438. The minimum atomic E-state index is -3.51. The molecule has 0 bridgehead atoms. The number of sulfonamides is 1. The number of piperidine rings is 1. The molecule has 0 spiro atoms. The molecule has 3 rings (SSSR count). The Morgan fingerprint density at radius 2 is 2.11 bits per heavy atom. The number of thioether (sulfide) groups is 1. The molecule has 0 aliphatic carbocycles. The molecule has 7 nitrogen and oxygen atoms in total. The normalized spacial score (nSPS) is 18.4. The largest absolute Gasteiger partial charge is 0.300 e. The molecule has 27 heavy (non-hydrogen) atoms. The fourth-order valence-corrected chi connectivity index (χ4v) is 5.75. The monoisotopic (exact) mass is 446 g/mol. The first-order chi connectivity index (χ1) is 12.9. The average Bonchev–Trinajstić information content (AvgIpc) is 3.11. The van der Waals surface area contributed by atoms with Crippen LogP contribution in [-0.2, 0) is 20.6 Å². The van der Waals surface area contributed by atoms with Crippen LogP contribution in [0.2, 0.25) is 5.02 Å². The lowest BCUT2D eigenvalue weighted by Crippen LogP contribution is -2.44. The second kappa shape index (κ2) is 8.87. The minimum Gasteiger partial charge on any atom is -0.300 e. The molecule has 1 saturated heterocycles. The molecule has 1 unspecified atom stereocenters. The van der Waals surface area contributed by atoms with Gasteiger partial charge < -0.3 is 5.32 Å². The number of carbonyl (C=O) groups is 1.